The zero-order valence-electron chi connectivity index (χ0n) is 9.54. The van der Waals surface area contributed by atoms with Gasteiger partial charge in [0, 0.05) is 26.3 Å². The molecule has 8 heteroatoms. The summed E-state index contributed by atoms with van der Waals surface area (Å²) < 4.78 is 1.66. The van der Waals surface area contributed by atoms with Gasteiger partial charge in [0.1, 0.15) is 6.54 Å². The molecular formula is C9H15N5O3. The van der Waals surface area contributed by atoms with Crippen molar-refractivity contribution in [2.24, 2.45) is 0 Å². The Morgan fingerprint density at radius 2 is 2.29 bits per heavy atom. The number of hydrogen-bond acceptors (Lipinski definition) is 4. The summed E-state index contributed by atoms with van der Waals surface area (Å²) >= 11 is 0. The Morgan fingerprint density at radius 1 is 1.53 bits per heavy atom. The topological polar surface area (TPSA) is 100 Å². The number of nitrogens with one attached hydrogen (secondary N) is 1. The molecule has 0 saturated heterocycles. The molecule has 0 aromatic carbocycles. The van der Waals surface area contributed by atoms with Crippen molar-refractivity contribution in [1.82, 2.24) is 25.2 Å². The minimum Gasteiger partial charge on any atom is -0.480 e. The summed E-state index contributed by atoms with van der Waals surface area (Å²) in [6, 6.07) is -0.397. The van der Waals surface area contributed by atoms with Gasteiger partial charge in [0.05, 0.1) is 6.20 Å². The van der Waals surface area contributed by atoms with Crippen molar-refractivity contribution in [2.75, 3.05) is 20.1 Å². The monoisotopic (exact) mass is 241 g/mol. The lowest BCUT2D eigenvalue weighted by atomic mass is 10.4. The van der Waals surface area contributed by atoms with Gasteiger partial charge < -0.3 is 15.3 Å². The number of carboxylic acids is 1. The first-order chi connectivity index (χ1) is 8.09. The Labute approximate surface area is 98.2 Å². The number of urea groups is 1. The second-order valence-electron chi connectivity index (χ2n) is 3.50. The number of aryl methyl sites for hydroxylation is 1. The average Bonchev–Trinajstić information content (AvgIpc) is 2.75. The van der Waals surface area contributed by atoms with Gasteiger partial charge >= 0.3 is 12.0 Å². The van der Waals surface area contributed by atoms with Crippen LogP contribution in [-0.4, -0.2) is 57.1 Å². The Hall–Kier alpha value is -2.12. The fourth-order valence-electron chi connectivity index (χ4n) is 1.20. The van der Waals surface area contributed by atoms with Crippen molar-refractivity contribution in [3.05, 3.63) is 12.4 Å². The van der Waals surface area contributed by atoms with Crippen molar-refractivity contribution in [2.45, 2.75) is 13.0 Å². The van der Waals surface area contributed by atoms with E-state index in [1.165, 1.54) is 7.05 Å². The van der Waals surface area contributed by atoms with E-state index < -0.39 is 12.0 Å². The Bertz CT molecular complexity index is 365. The van der Waals surface area contributed by atoms with Gasteiger partial charge in [0.2, 0.25) is 0 Å². The number of aliphatic carboxylic acids is 1. The van der Waals surface area contributed by atoms with Crippen LogP contribution in [0.3, 0.4) is 0 Å². The van der Waals surface area contributed by atoms with E-state index in [2.05, 4.69) is 15.6 Å². The number of carboxylic acid groups (broad SMARTS) is 1. The lowest BCUT2D eigenvalue weighted by Gasteiger charge is -2.15. The van der Waals surface area contributed by atoms with Crippen LogP contribution in [0.4, 0.5) is 4.79 Å². The number of carbonyl (C=O) groups is 2. The number of aromatic nitrogens is 3. The van der Waals surface area contributed by atoms with E-state index in [1.807, 2.05) is 0 Å². The first-order valence-corrected chi connectivity index (χ1v) is 5.14. The van der Waals surface area contributed by atoms with Gasteiger partial charge in [-0.2, -0.15) is 0 Å². The Kier molecular flexibility index (Phi) is 4.92. The third-order valence-electron chi connectivity index (χ3n) is 2.03. The van der Waals surface area contributed by atoms with Gasteiger partial charge in [-0.15, -0.1) is 5.10 Å². The maximum atomic E-state index is 11.4. The van der Waals surface area contributed by atoms with E-state index >= 15 is 0 Å². The Balaban J connectivity index is 2.13. The summed E-state index contributed by atoms with van der Waals surface area (Å²) in [6.45, 7) is 0.806. The second-order valence-corrected chi connectivity index (χ2v) is 3.50. The fourth-order valence-corrected chi connectivity index (χ4v) is 1.20. The van der Waals surface area contributed by atoms with Crippen molar-refractivity contribution in [3.63, 3.8) is 0 Å². The molecule has 0 aliphatic carbocycles. The minimum atomic E-state index is -1.04. The normalized spacial score (nSPS) is 9.94. The van der Waals surface area contributed by atoms with Crippen LogP contribution in [0.15, 0.2) is 12.4 Å². The third kappa shape index (κ3) is 4.96. The SMILES string of the molecule is CN(CC(=O)O)C(=O)NCCCn1ccnn1. The van der Waals surface area contributed by atoms with E-state index in [0.29, 0.717) is 19.5 Å². The molecule has 0 saturated carbocycles. The molecular weight excluding hydrogens is 226 g/mol. The molecule has 0 spiro atoms. The molecule has 1 rings (SSSR count). The average molecular weight is 241 g/mol. The molecule has 0 aliphatic heterocycles. The van der Waals surface area contributed by atoms with E-state index in [4.69, 9.17) is 5.11 Å². The highest BCUT2D eigenvalue weighted by Gasteiger charge is 2.10. The van der Waals surface area contributed by atoms with Crippen molar-refractivity contribution >= 4 is 12.0 Å². The molecule has 0 atom stereocenters. The lowest BCUT2D eigenvalue weighted by molar-refractivity contribution is -0.137. The summed E-state index contributed by atoms with van der Waals surface area (Å²) in [5.74, 6) is -1.04. The van der Waals surface area contributed by atoms with Gasteiger partial charge in [-0.25, -0.2) is 4.79 Å². The van der Waals surface area contributed by atoms with Crippen LogP contribution in [0.2, 0.25) is 0 Å². The van der Waals surface area contributed by atoms with E-state index in [1.54, 1.807) is 17.1 Å². The lowest BCUT2D eigenvalue weighted by Crippen LogP contribution is -2.40. The number of hydrogen-bond donors (Lipinski definition) is 2. The smallest absolute Gasteiger partial charge is 0.323 e. The van der Waals surface area contributed by atoms with Crippen LogP contribution in [0.25, 0.3) is 0 Å². The summed E-state index contributed by atoms with van der Waals surface area (Å²) in [4.78, 5) is 22.8. The molecule has 1 aromatic heterocycles. The number of nitrogens with zero attached hydrogens (tertiary/aromatic N) is 4. The highest BCUT2D eigenvalue weighted by molar-refractivity contribution is 5.79. The molecule has 8 nitrogen and oxygen atoms in total. The zero-order chi connectivity index (χ0) is 12.7. The van der Waals surface area contributed by atoms with E-state index in [9.17, 15) is 9.59 Å². The second kappa shape index (κ2) is 6.46. The summed E-state index contributed by atoms with van der Waals surface area (Å²) in [5.41, 5.74) is 0. The molecule has 17 heavy (non-hydrogen) atoms. The van der Waals surface area contributed by atoms with Gasteiger partial charge in [0.15, 0.2) is 0 Å². The predicted octanol–water partition coefficient (Wildman–Crippen LogP) is -0.606. The van der Waals surface area contributed by atoms with E-state index in [0.717, 1.165) is 4.90 Å². The van der Waals surface area contributed by atoms with Crippen molar-refractivity contribution < 1.29 is 14.7 Å². The predicted molar refractivity (Wildman–Crippen MR) is 58.3 cm³/mol. The maximum Gasteiger partial charge on any atom is 0.323 e. The van der Waals surface area contributed by atoms with E-state index in [-0.39, 0.29) is 6.54 Å². The molecule has 0 fully saturated rings. The number of likely N-dealkylation sites (N-methyl/N-ethyl adjacent to an activating group) is 1. The molecule has 2 N–H and O–H groups in total. The highest BCUT2D eigenvalue weighted by atomic mass is 16.4. The van der Waals surface area contributed by atoms with Gasteiger partial charge in [-0.05, 0) is 6.42 Å². The first-order valence-electron chi connectivity index (χ1n) is 5.14. The minimum absolute atomic E-state index is 0.311. The van der Waals surface area contributed by atoms with Crippen molar-refractivity contribution in [1.29, 1.82) is 0 Å². The first kappa shape index (κ1) is 12.9. The third-order valence-corrected chi connectivity index (χ3v) is 2.03. The molecule has 0 unspecified atom stereocenters. The van der Waals surface area contributed by atoms with Crippen LogP contribution in [-0.2, 0) is 11.3 Å². The molecule has 0 bridgehead atoms. The fraction of sp³-hybridized carbons (Fsp3) is 0.556. The van der Waals surface area contributed by atoms with Crippen LogP contribution in [0.1, 0.15) is 6.42 Å². The van der Waals surface area contributed by atoms with Gasteiger partial charge in [-0.3, -0.25) is 9.48 Å². The molecule has 94 valence electrons. The molecule has 1 heterocycles. The quantitative estimate of drug-likeness (QED) is 0.647. The number of rotatable bonds is 6. The number of carbonyl (C=O) groups excluding carboxylic acids is 1. The van der Waals surface area contributed by atoms with Gasteiger partial charge in [-0.1, -0.05) is 5.21 Å². The molecule has 0 aliphatic rings. The number of amides is 2. The molecule has 0 radical (unpaired) electrons. The maximum absolute atomic E-state index is 11.4. The molecule has 1 aromatic rings. The summed E-state index contributed by atoms with van der Waals surface area (Å²) in [5, 5.41) is 18.5. The van der Waals surface area contributed by atoms with Crippen LogP contribution in [0.5, 0.6) is 0 Å². The van der Waals surface area contributed by atoms with Crippen LogP contribution < -0.4 is 5.32 Å². The highest BCUT2D eigenvalue weighted by Crippen LogP contribution is 1.88. The Morgan fingerprint density at radius 3 is 2.88 bits per heavy atom. The molecule has 2 amide bonds. The summed E-state index contributed by atoms with van der Waals surface area (Å²) in [7, 11) is 1.43. The zero-order valence-corrected chi connectivity index (χ0v) is 9.54. The van der Waals surface area contributed by atoms with Crippen LogP contribution in [0, 0.1) is 0 Å². The van der Waals surface area contributed by atoms with Gasteiger partial charge in [0.25, 0.3) is 0 Å². The van der Waals surface area contributed by atoms with Crippen molar-refractivity contribution in [3.8, 4) is 0 Å². The standard InChI is InChI=1S/C9H15N5O3/c1-13(7-8(15)16)9(17)10-3-2-5-14-6-4-11-12-14/h4,6H,2-3,5,7H2,1H3,(H,10,17)(H,15,16). The van der Waals surface area contributed by atoms with Crippen LogP contribution >= 0.6 is 0 Å². The largest absolute Gasteiger partial charge is 0.480 e. The summed E-state index contributed by atoms with van der Waals surface area (Å²) in [6.07, 6.45) is 4.02.